The normalized spacial score (nSPS) is 12.0. The van der Waals surface area contributed by atoms with E-state index in [-0.39, 0.29) is 32.6 Å². The van der Waals surface area contributed by atoms with E-state index in [0.717, 1.165) is 0 Å². The van der Waals surface area contributed by atoms with Crippen molar-refractivity contribution in [2.24, 2.45) is 0 Å². The molecule has 1 N–H and O–H groups in total. The van der Waals surface area contributed by atoms with Crippen molar-refractivity contribution in [2.75, 3.05) is 0 Å². The minimum Gasteiger partial charge on any atom is -0.504 e. The molecule has 124 valence electrons. The molecule has 0 unspecified atom stereocenters. The van der Waals surface area contributed by atoms with Crippen molar-refractivity contribution in [2.45, 2.75) is 0 Å². The van der Waals surface area contributed by atoms with Crippen LogP contribution in [0.4, 0.5) is 0 Å². The Bertz CT molecular complexity index is 1700. The Labute approximate surface area is 139 Å². The first-order valence-corrected chi connectivity index (χ1v) is 7.26. The predicted molar refractivity (Wildman–Crippen MR) is 89.9 cm³/mol. The summed E-state index contributed by atoms with van der Waals surface area (Å²) >= 11 is 0. The minimum atomic E-state index is -1.41. The summed E-state index contributed by atoms with van der Waals surface area (Å²) in [6.45, 7) is 0. The Morgan fingerprint density at radius 1 is 0.808 bits per heavy atom. The number of pyridine rings is 1. The van der Waals surface area contributed by atoms with Gasteiger partial charge in [-0.25, -0.2) is 0 Å². The number of aromatic nitrogens is 4. The van der Waals surface area contributed by atoms with Crippen molar-refractivity contribution < 1.29 is 5.11 Å². The monoisotopic (exact) mass is 348 g/mol. The number of hydrogen-bond donors (Lipinski definition) is 1. The molecular weight excluding hydrogens is 344 g/mol. The zero-order valence-corrected chi connectivity index (χ0v) is 12.5. The number of rotatable bonds is 0. The molecule has 0 atom stereocenters. The van der Waals surface area contributed by atoms with Gasteiger partial charge in [-0.2, -0.15) is 4.52 Å². The molecule has 0 amide bonds. The van der Waals surface area contributed by atoms with E-state index < -0.39 is 38.4 Å². The predicted octanol–water partition coefficient (Wildman–Crippen LogP) is -1.60. The third-order valence-electron chi connectivity index (χ3n) is 4.49. The quantitative estimate of drug-likeness (QED) is 0.198. The molecule has 5 rings (SSSR count). The number of nitrogens with zero attached hydrogens (tertiary/aromatic N) is 4. The molecule has 0 aliphatic carbocycles. The van der Waals surface area contributed by atoms with E-state index in [1.165, 1.54) is 18.2 Å². The Morgan fingerprint density at radius 3 is 2.27 bits per heavy atom. The van der Waals surface area contributed by atoms with Gasteiger partial charge >= 0.3 is 5.56 Å². The number of benzene rings is 3. The Morgan fingerprint density at radius 2 is 1.50 bits per heavy atom. The maximum absolute atomic E-state index is 12.6. The van der Waals surface area contributed by atoms with Gasteiger partial charge in [0.2, 0.25) is 10.9 Å². The zero-order valence-electron chi connectivity index (χ0n) is 12.5. The van der Waals surface area contributed by atoms with Gasteiger partial charge in [-0.1, -0.05) is 18.2 Å². The number of fused-ring (bicyclic) bond motifs is 2. The molecular formula is C16H4N4O6. The van der Waals surface area contributed by atoms with Crippen molar-refractivity contribution >= 4 is 38.0 Å². The largest absolute Gasteiger partial charge is 0.504 e. The van der Waals surface area contributed by atoms with Crippen LogP contribution >= 0.6 is 0 Å². The van der Waals surface area contributed by atoms with Crippen LogP contribution in [-0.2, 0) is 0 Å². The molecule has 2 heterocycles. The summed E-state index contributed by atoms with van der Waals surface area (Å²) in [6.07, 6.45) is 0. The Kier molecular flexibility index (Phi) is 2.36. The minimum absolute atomic E-state index is 0.0301. The van der Waals surface area contributed by atoms with E-state index in [1.807, 2.05) is 0 Å². The van der Waals surface area contributed by atoms with Crippen LogP contribution in [-0.4, -0.2) is 25.1 Å². The highest BCUT2D eigenvalue weighted by molar-refractivity contribution is 6.28. The smallest absolute Gasteiger partial charge is 0.324 e. The fourth-order valence-corrected chi connectivity index (χ4v) is 3.40. The molecule has 0 aliphatic rings. The third kappa shape index (κ3) is 1.38. The summed E-state index contributed by atoms with van der Waals surface area (Å²) in [4.78, 5) is 61.3. The van der Waals surface area contributed by atoms with Gasteiger partial charge in [0.1, 0.15) is 11.0 Å². The summed E-state index contributed by atoms with van der Waals surface area (Å²) in [5, 5.41) is 20.4. The second-order valence-corrected chi connectivity index (χ2v) is 5.74. The van der Waals surface area contributed by atoms with Gasteiger partial charge in [0.25, 0.3) is 10.9 Å². The van der Waals surface area contributed by atoms with Crippen LogP contribution in [0.5, 0.6) is 5.75 Å². The summed E-state index contributed by atoms with van der Waals surface area (Å²) < 4.78 is 0.597. The molecule has 0 saturated carbocycles. The topological polar surface area (TPSA) is 149 Å². The number of phenols is 1. The van der Waals surface area contributed by atoms with Gasteiger partial charge in [-0.15, -0.1) is 5.10 Å². The molecule has 0 radical (unpaired) electrons. The van der Waals surface area contributed by atoms with Crippen LogP contribution in [0.2, 0.25) is 0 Å². The van der Waals surface area contributed by atoms with Crippen molar-refractivity contribution in [3.05, 3.63) is 69.4 Å². The lowest BCUT2D eigenvalue weighted by Crippen LogP contribution is -2.43. The van der Waals surface area contributed by atoms with Crippen molar-refractivity contribution in [3.63, 3.8) is 0 Å². The van der Waals surface area contributed by atoms with Crippen LogP contribution in [0.15, 0.2) is 42.2 Å². The van der Waals surface area contributed by atoms with Gasteiger partial charge in [-0.05, 0) is 10.4 Å². The van der Waals surface area contributed by atoms with E-state index in [1.54, 1.807) is 0 Å². The molecule has 0 spiro atoms. The molecule has 5 aromatic rings. The molecule has 26 heavy (non-hydrogen) atoms. The second-order valence-electron chi connectivity index (χ2n) is 5.74. The lowest BCUT2D eigenvalue weighted by molar-refractivity contribution is 0.476. The molecule has 0 aliphatic heterocycles. The Hall–Kier alpha value is -4.08. The fraction of sp³-hybridized carbons (Fsp3) is 0. The van der Waals surface area contributed by atoms with E-state index in [2.05, 4.69) is 15.5 Å². The number of phenolic OH excluding ortho intramolecular Hbond substituents is 1. The van der Waals surface area contributed by atoms with Crippen LogP contribution in [0, 0.1) is 0 Å². The third-order valence-corrected chi connectivity index (χ3v) is 4.49. The zero-order chi connectivity index (χ0) is 18.3. The highest BCUT2D eigenvalue weighted by Crippen LogP contribution is 2.34. The van der Waals surface area contributed by atoms with Gasteiger partial charge in [0, 0.05) is 21.5 Å². The summed E-state index contributed by atoms with van der Waals surface area (Å²) in [5.74, 6) is -0.764. The highest BCUT2D eigenvalue weighted by atomic mass is 16.3. The standard InChI is InChI=1S/C16H4N4O6/c21-11-5-3-1-2-4-6(5)7(12(22)14(11)24)8-10-9(4)17-18-19-20(10)16(26)15(25)13(8)23/h1-3,21H. The first-order valence-electron chi connectivity index (χ1n) is 7.26. The van der Waals surface area contributed by atoms with Crippen LogP contribution < -0.4 is 27.3 Å². The molecule has 3 aromatic carbocycles. The lowest BCUT2D eigenvalue weighted by Gasteiger charge is -2.11. The van der Waals surface area contributed by atoms with E-state index in [9.17, 15) is 29.1 Å². The van der Waals surface area contributed by atoms with Crippen LogP contribution in [0.3, 0.4) is 0 Å². The molecule has 2 aromatic heterocycles. The second kappa shape index (κ2) is 4.30. The van der Waals surface area contributed by atoms with E-state index in [0.29, 0.717) is 4.52 Å². The summed E-state index contributed by atoms with van der Waals surface area (Å²) in [5.41, 5.74) is -6.35. The van der Waals surface area contributed by atoms with E-state index >= 15 is 0 Å². The number of aromatic hydroxyl groups is 1. The fourth-order valence-electron chi connectivity index (χ4n) is 3.40. The van der Waals surface area contributed by atoms with E-state index in [4.69, 9.17) is 0 Å². The average molecular weight is 348 g/mol. The van der Waals surface area contributed by atoms with Gasteiger partial charge in [0.15, 0.2) is 5.75 Å². The van der Waals surface area contributed by atoms with Crippen molar-refractivity contribution in [3.8, 4) is 5.75 Å². The van der Waals surface area contributed by atoms with Gasteiger partial charge in [0.05, 0.1) is 5.39 Å². The first kappa shape index (κ1) is 14.3. The Balaban J connectivity index is 2.46. The van der Waals surface area contributed by atoms with Crippen LogP contribution in [0.1, 0.15) is 0 Å². The lowest BCUT2D eigenvalue weighted by atomic mass is 9.95. The number of hydrogen-bond acceptors (Lipinski definition) is 9. The molecule has 0 bridgehead atoms. The highest BCUT2D eigenvalue weighted by Gasteiger charge is 2.25. The summed E-state index contributed by atoms with van der Waals surface area (Å²) in [6, 6.07) is 4.43. The van der Waals surface area contributed by atoms with Gasteiger partial charge in [-0.3, -0.25) is 24.0 Å². The van der Waals surface area contributed by atoms with Crippen molar-refractivity contribution in [1.29, 1.82) is 0 Å². The SMILES string of the molecule is O=c1c(O)c2cccc3c4nnnn5c(=O)c(=O)c(=O)c(c(c1=O)c23)c45. The molecule has 0 saturated heterocycles. The average Bonchev–Trinajstić information content (AvgIpc) is 2.66. The molecule has 0 fully saturated rings. The molecule has 10 heteroatoms. The summed E-state index contributed by atoms with van der Waals surface area (Å²) in [7, 11) is 0. The van der Waals surface area contributed by atoms with Gasteiger partial charge < -0.3 is 5.11 Å². The molecule has 10 nitrogen and oxygen atoms in total. The van der Waals surface area contributed by atoms with Crippen molar-refractivity contribution in [1.82, 2.24) is 20.0 Å². The van der Waals surface area contributed by atoms with Crippen LogP contribution in [0.25, 0.3) is 38.0 Å². The maximum Gasteiger partial charge on any atom is 0.324 e. The first-order chi connectivity index (χ1) is 12.4. The maximum atomic E-state index is 12.6.